The predicted molar refractivity (Wildman–Crippen MR) is 50.6 cm³/mol. The Morgan fingerprint density at radius 1 is 1.27 bits per heavy atom. The average Bonchev–Trinajstić information content (AvgIpc) is 2.51. The molecule has 0 atom stereocenters. The molecule has 0 aromatic rings. The minimum atomic E-state index is 0.767. The number of hydrogen-bond acceptors (Lipinski definition) is 2. The van der Waals surface area contributed by atoms with Crippen LogP contribution in [0.4, 0.5) is 0 Å². The maximum Gasteiger partial charge on any atom is 0.0147 e. The Bertz CT molecular complexity index is 152. The molecule has 1 nitrogen and oxygen atoms in total. The first-order valence-electron chi connectivity index (χ1n) is 4.62. The van der Waals surface area contributed by atoms with Crippen molar-refractivity contribution in [1.82, 2.24) is 4.31 Å². The topological polar surface area (TPSA) is 3.24 Å². The molecule has 2 aliphatic rings. The summed E-state index contributed by atoms with van der Waals surface area (Å²) < 4.78 is 2.57. The highest BCUT2D eigenvalue weighted by atomic mass is 32.2. The van der Waals surface area contributed by atoms with Gasteiger partial charge in [0.15, 0.2) is 0 Å². The minimum Gasteiger partial charge on any atom is -0.250 e. The highest BCUT2D eigenvalue weighted by Gasteiger charge is 2.47. The van der Waals surface area contributed by atoms with Crippen LogP contribution in [0.1, 0.15) is 33.1 Å². The van der Waals surface area contributed by atoms with Crippen LogP contribution in [0.15, 0.2) is 0 Å². The van der Waals surface area contributed by atoms with Gasteiger partial charge in [-0.3, -0.25) is 0 Å². The van der Waals surface area contributed by atoms with Crippen molar-refractivity contribution in [2.75, 3.05) is 13.1 Å². The van der Waals surface area contributed by atoms with Crippen molar-refractivity contribution in [3.05, 3.63) is 0 Å². The van der Waals surface area contributed by atoms with Crippen molar-refractivity contribution in [3.8, 4) is 0 Å². The second-order valence-electron chi connectivity index (χ2n) is 4.27. The third kappa shape index (κ3) is 1.73. The molecular weight excluding hydrogens is 154 g/mol. The molecule has 0 bridgehead atoms. The fraction of sp³-hybridized carbons (Fsp3) is 1.00. The molecule has 0 N–H and O–H groups in total. The molecule has 11 heavy (non-hydrogen) atoms. The lowest BCUT2D eigenvalue weighted by Crippen LogP contribution is -2.14. The van der Waals surface area contributed by atoms with Crippen LogP contribution in [0.5, 0.6) is 0 Å². The molecule has 1 aliphatic heterocycles. The summed E-state index contributed by atoms with van der Waals surface area (Å²) in [5.74, 6) is 0. The molecule has 0 unspecified atom stereocenters. The van der Waals surface area contributed by atoms with Crippen LogP contribution in [0.3, 0.4) is 0 Å². The van der Waals surface area contributed by atoms with E-state index < -0.39 is 0 Å². The maximum absolute atomic E-state index is 2.57. The molecule has 2 fully saturated rings. The molecule has 0 amide bonds. The molecule has 2 heteroatoms. The van der Waals surface area contributed by atoms with Gasteiger partial charge in [-0.15, -0.1) is 0 Å². The van der Waals surface area contributed by atoms with Crippen LogP contribution in [0, 0.1) is 5.41 Å². The first kappa shape index (κ1) is 7.93. The highest BCUT2D eigenvalue weighted by molar-refractivity contribution is 7.97. The molecule has 0 radical (unpaired) electrons. The van der Waals surface area contributed by atoms with Crippen LogP contribution in [-0.4, -0.2) is 22.6 Å². The van der Waals surface area contributed by atoms with E-state index in [0.717, 1.165) is 10.7 Å². The van der Waals surface area contributed by atoms with E-state index in [1.54, 1.807) is 0 Å². The van der Waals surface area contributed by atoms with Gasteiger partial charge in [-0.05, 0) is 24.7 Å². The number of nitrogens with zero attached hydrogens (tertiary/aromatic N) is 1. The van der Waals surface area contributed by atoms with Crippen LogP contribution in [-0.2, 0) is 0 Å². The second kappa shape index (κ2) is 2.67. The molecule has 2 rings (SSSR count). The first-order valence-corrected chi connectivity index (χ1v) is 5.46. The van der Waals surface area contributed by atoms with Gasteiger partial charge in [0, 0.05) is 18.3 Å². The lowest BCUT2D eigenvalue weighted by atomic mass is 10.1. The van der Waals surface area contributed by atoms with Gasteiger partial charge in [0.2, 0.25) is 0 Å². The van der Waals surface area contributed by atoms with Gasteiger partial charge >= 0.3 is 0 Å². The van der Waals surface area contributed by atoms with Crippen molar-refractivity contribution >= 4 is 11.9 Å². The van der Waals surface area contributed by atoms with Crippen LogP contribution < -0.4 is 0 Å². The minimum absolute atomic E-state index is 0.767. The smallest absolute Gasteiger partial charge is 0.0147 e. The molecule has 64 valence electrons. The third-order valence-corrected chi connectivity index (χ3v) is 3.75. The van der Waals surface area contributed by atoms with Crippen LogP contribution >= 0.6 is 11.9 Å². The Kier molecular flexibility index (Phi) is 1.92. The van der Waals surface area contributed by atoms with Gasteiger partial charge in [-0.25, -0.2) is 4.31 Å². The summed E-state index contributed by atoms with van der Waals surface area (Å²) in [6.07, 6.45) is 4.47. The summed E-state index contributed by atoms with van der Waals surface area (Å²) >= 11 is 2.04. The molecular formula is C9H17NS. The van der Waals surface area contributed by atoms with Crippen molar-refractivity contribution < 1.29 is 0 Å². The maximum atomic E-state index is 2.57. The van der Waals surface area contributed by atoms with Gasteiger partial charge in [0.25, 0.3) is 0 Å². The lowest BCUT2D eigenvalue weighted by molar-refractivity contribution is 0.510. The summed E-state index contributed by atoms with van der Waals surface area (Å²) in [6.45, 7) is 7.27. The fourth-order valence-corrected chi connectivity index (χ4v) is 3.01. The van der Waals surface area contributed by atoms with Crippen LogP contribution in [0.25, 0.3) is 0 Å². The van der Waals surface area contributed by atoms with E-state index in [1.165, 1.54) is 32.4 Å². The summed E-state index contributed by atoms with van der Waals surface area (Å²) in [6, 6.07) is 0. The van der Waals surface area contributed by atoms with E-state index in [1.807, 2.05) is 11.9 Å². The van der Waals surface area contributed by atoms with Gasteiger partial charge < -0.3 is 0 Å². The summed E-state index contributed by atoms with van der Waals surface area (Å²) in [4.78, 5) is 0. The Morgan fingerprint density at radius 3 is 2.45 bits per heavy atom. The Labute approximate surface area is 73.7 Å². The molecule has 1 saturated carbocycles. The molecule has 0 aromatic carbocycles. The Morgan fingerprint density at radius 2 is 2.00 bits per heavy atom. The Balaban J connectivity index is 1.80. The lowest BCUT2D eigenvalue weighted by Gasteiger charge is -2.16. The van der Waals surface area contributed by atoms with E-state index in [-0.39, 0.29) is 0 Å². The highest BCUT2D eigenvalue weighted by Crippen LogP contribution is 2.54. The summed E-state index contributed by atoms with van der Waals surface area (Å²) in [5.41, 5.74) is 0.807. The van der Waals surface area contributed by atoms with E-state index in [4.69, 9.17) is 0 Å². The first-order chi connectivity index (χ1) is 5.20. The standard InChI is InChI=1S/C9H17NS/c1-8(2)11-10-6-5-9(7-10)3-4-9/h8H,3-7H2,1-2H3. The van der Waals surface area contributed by atoms with E-state index in [0.29, 0.717) is 0 Å². The fourth-order valence-electron chi connectivity index (χ4n) is 1.87. The average molecular weight is 171 g/mol. The molecule has 1 spiro atoms. The Hall–Kier alpha value is 0.310. The zero-order valence-electron chi connectivity index (χ0n) is 7.47. The second-order valence-corrected chi connectivity index (χ2v) is 5.94. The number of rotatable bonds is 2. The molecule has 0 aromatic heterocycles. The van der Waals surface area contributed by atoms with Crippen molar-refractivity contribution in [3.63, 3.8) is 0 Å². The monoisotopic (exact) mass is 171 g/mol. The van der Waals surface area contributed by atoms with Crippen molar-refractivity contribution in [1.29, 1.82) is 0 Å². The largest absolute Gasteiger partial charge is 0.250 e. The van der Waals surface area contributed by atoms with Crippen molar-refractivity contribution in [2.24, 2.45) is 5.41 Å². The van der Waals surface area contributed by atoms with Gasteiger partial charge in [-0.1, -0.05) is 25.8 Å². The third-order valence-electron chi connectivity index (χ3n) is 2.72. The summed E-state index contributed by atoms with van der Waals surface area (Å²) in [7, 11) is 0. The quantitative estimate of drug-likeness (QED) is 0.587. The molecule has 1 aliphatic carbocycles. The normalized spacial score (nSPS) is 28.6. The van der Waals surface area contributed by atoms with E-state index in [9.17, 15) is 0 Å². The van der Waals surface area contributed by atoms with Crippen LogP contribution in [0.2, 0.25) is 0 Å². The van der Waals surface area contributed by atoms with Gasteiger partial charge in [-0.2, -0.15) is 0 Å². The number of hydrogen-bond donors (Lipinski definition) is 0. The molecule has 1 heterocycles. The zero-order valence-corrected chi connectivity index (χ0v) is 8.28. The zero-order chi connectivity index (χ0) is 7.90. The van der Waals surface area contributed by atoms with Gasteiger partial charge in [0.05, 0.1) is 0 Å². The molecule has 1 saturated heterocycles. The van der Waals surface area contributed by atoms with E-state index in [2.05, 4.69) is 18.2 Å². The van der Waals surface area contributed by atoms with Crippen molar-refractivity contribution in [2.45, 2.75) is 38.4 Å². The van der Waals surface area contributed by atoms with E-state index >= 15 is 0 Å². The van der Waals surface area contributed by atoms with Gasteiger partial charge in [0.1, 0.15) is 0 Å². The predicted octanol–water partition coefficient (Wildman–Crippen LogP) is 2.53. The SMILES string of the molecule is CC(C)SN1CCC2(CC2)C1. The summed E-state index contributed by atoms with van der Waals surface area (Å²) in [5, 5.41) is 0.767.